The lowest BCUT2D eigenvalue weighted by atomic mass is 9.88. The number of rotatable bonds is 1. The first-order valence-electron chi connectivity index (χ1n) is 7.24. The van der Waals surface area contributed by atoms with Crippen LogP contribution in [0.1, 0.15) is 43.8 Å². The minimum absolute atomic E-state index is 0.0248. The Morgan fingerprint density at radius 1 is 1.15 bits per heavy atom. The smallest absolute Gasteiger partial charge is 0.268 e. The van der Waals surface area contributed by atoms with Crippen LogP contribution in [0.15, 0.2) is 29.1 Å². The number of nitrogens with one attached hydrogen (secondary N) is 1. The summed E-state index contributed by atoms with van der Waals surface area (Å²) < 4.78 is 1.90. The molecule has 1 saturated carbocycles. The van der Waals surface area contributed by atoms with E-state index in [1.807, 2.05) is 12.1 Å². The van der Waals surface area contributed by atoms with E-state index in [9.17, 15) is 4.79 Å². The maximum absolute atomic E-state index is 12.3. The second-order valence-electron chi connectivity index (χ2n) is 5.56. The summed E-state index contributed by atoms with van der Waals surface area (Å²) in [6.07, 6.45) is 6.10. The molecule has 0 radical (unpaired) electrons. The fourth-order valence-electron chi connectivity index (χ4n) is 3.19. The van der Waals surface area contributed by atoms with Crippen molar-refractivity contribution in [3.8, 4) is 0 Å². The number of fused-ring (bicyclic) bond motifs is 3. The second kappa shape index (κ2) is 4.70. The highest BCUT2D eigenvalue weighted by Crippen LogP contribution is 2.34. The maximum Gasteiger partial charge on any atom is 0.268 e. The van der Waals surface area contributed by atoms with Gasteiger partial charge in [-0.3, -0.25) is 4.79 Å². The summed E-state index contributed by atoms with van der Waals surface area (Å²) in [5.74, 6) is 1.32. The Morgan fingerprint density at radius 2 is 1.95 bits per heavy atom. The molecule has 2 aromatic heterocycles. The molecule has 102 valence electrons. The molecule has 20 heavy (non-hydrogen) atoms. The van der Waals surface area contributed by atoms with Crippen LogP contribution in [0.3, 0.4) is 0 Å². The Labute approximate surface area is 120 Å². The normalized spacial score (nSPS) is 17.0. The number of hydrogen-bond acceptors (Lipinski definition) is 3. The molecule has 0 unspecified atom stereocenters. The van der Waals surface area contributed by atoms with Crippen LogP contribution in [0.2, 0.25) is 0 Å². The summed E-state index contributed by atoms with van der Waals surface area (Å²) in [4.78, 5) is 20.2. The third-order valence-electron chi connectivity index (χ3n) is 4.24. The number of aromatic amines is 1. The van der Waals surface area contributed by atoms with Crippen molar-refractivity contribution >= 4 is 31.6 Å². The third-order valence-corrected chi connectivity index (χ3v) is 5.40. The zero-order valence-electron chi connectivity index (χ0n) is 11.2. The number of nitrogens with zero attached hydrogens (tertiary/aromatic N) is 1. The highest BCUT2D eigenvalue weighted by atomic mass is 32.1. The molecule has 1 N–H and O–H groups in total. The number of thiophene rings is 1. The van der Waals surface area contributed by atoms with Gasteiger partial charge in [0.25, 0.3) is 5.56 Å². The van der Waals surface area contributed by atoms with Gasteiger partial charge in [-0.1, -0.05) is 37.5 Å². The van der Waals surface area contributed by atoms with Gasteiger partial charge in [-0.15, -0.1) is 11.3 Å². The van der Waals surface area contributed by atoms with Crippen molar-refractivity contribution in [3.63, 3.8) is 0 Å². The van der Waals surface area contributed by atoms with Crippen molar-refractivity contribution in [1.82, 2.24) is 9.97 Å². The van der Waals surface area contributed by atoms with E-state index < -0.39 is 0 Å². The van der Waals surface area contributed by atoms with Crippen LogP contribution in [0.4, 0.5) is 0 Å². The zero-order chi connectivity index (χ0) is 13.5. The van der Waals surface area contributed by atoms with Gasteiger partial charge in [0.05, 0.1) is 5.52 Å². The van der Waals surface area contributed by atoms with Crippen LogP contribution in [-0.4, -0.2) is 9.97 Å². The van der Waals surface area contributed by atoms with Gasteiger partial charge >= 0.3 is 0 Å². The molecule has 4 heteroatoms. The maximum atomic E-state index is 12.3. The Kier molecular flexibility index (Phi) is 2.84. The molecule has 4 rings (SSSR count). The van der Waals surface area contributed by atoms with E-state index in [0.717, 1.165) is 39.0 Å². The molecule has 0 spiro atoms. The Bertz CT molecular complexity index is 827. The molecule has 1 aliphatic carbocycles. The largest absolute Gasteiger partial charge is 0.309 e. The quantitative estimate of drug-likeness (QED) is 0.728. The van der Waals surface area contributed by atoms with Crippen LogP contribution in [-0.2, 0) is 0 Å². The Morgan fingerprint density at radius 3 is 2.80 bits per heavy atom. The predicted molar refractivity (Wildman–Crippen MR) is 83.6 cm³/mol. The van der Waals surface area contributed by atoms with Gasteiger partial charge in [0.15, 0.2) is 0 Å². The van der Waals surface area contributed by atoms with Crippen LogP contribution in [0.5, 0.6) is 0 Å². The summed E-state index contributed by atoms with van der Waals surface area (Å²) in [7, 11) is 0. The molecule has 2 heterocycles. The number of hydrogen-bond donors (Lipinski definition) is 1. The molecule has 1 aliphatic rings. The van der Waals surface area contributed by atoms with E-state index in [1.54, 1.807) is 0 Å². The molecule has 1 aromatic carbocycles. The summed E-state index contributed by atoms with van der Waals surface area (Å²) in [5, 5.41) is 1.11. The lowest BCUT2D eigenvalue weighted by Gasteiger charge is -2.20. The molecule has 0 aliphatic heterocycles. The van der Waals surface area contributed by atoms with E-state index in [4.69, 9.17) is 4.98 Å². The average Bonchev–Trinajstić information content (AvgIpc) is 2.88. The van der Waals surface area contributed by atoms with Gasteiger partial charge in [0.2, 0.25) is 0 Å². The second-order valence-corrected chi connectivity index (χ2v) is 6.61. The first-order chi connectivity index (χ1) is 9.83. The summed E-state index contributed by atoms with van der Waals surface area (Å²) in [6, 6.07) is 8.14. The van der Waals surface area contributed by atoms with Gasteiger partial charge in [0, 0.05) is 16.0 Å². The van der Waals surface area contributed by atoms with Crippen LogP contribution in [0.25, 0.3) is 20.3 Å². The van der Waals surface area contributed by atoms with Crippen molar-refractivity contribution in [3.05, 3.63) is 40.4 Å². The first-order valence-corrected chi connectivity index (χ1v) is 8.06. The van der Waals surface area contributed by atoms with Crippen LogP contribution >= 0.6 is 11.3 Å². The molecular formula is C16H16N2OS. The monoisotopic (exact) mass is 284 g/mol. The van der Waals surface area contributed by atoms with E-state index in [2.05, 4.69) is 17.1 Å². The van der Waals surface area contributed by atoms with Gasteiger partial charge in [-0.2, -0.15) is 0 Å². The van der Waals surface area contributed by atoms with Crippen LogP contribution < -0.4 is 5.56 Å². The minimum atomic E-state index is 0.0248. The topological polar surface area (TPSA) is 45.8 Å². The standard InChI is InChI=1S/C16H16N2OS/c19-16-14-13(11-8-4-5-9-12(11)20-14)17-15(18-16)10-6-2-1-3-7-10/h4-5,8-10H,1-3,6-7H2,(H,17,18,19). The SMILES string of the molecule is O=c1[nH]c(C2CCCCC2)nc2c1sc1ccccc12. The molecule has 0 amide bonds. The van der Waals surface area contributed by atoms with E-state index in [0.29, 0.717) is 5.92 Å². The average molecular weight is 284 g/mol. The van der Waals surface area contributed by atoms with E-state index in [-0.39, 0.29) is 5.56 Å². The summed E-state index contributed by atoms with van der Waals surface area (Å²) in [6.45, 7) is 0. The molecule has 3 nitrogen and oxygen atoms in total. The van der Waals surface area contributed by atoms with Crippen molar-refractivity contribution in [2.75, 3.05) is 0 Å². The molecule has 0 atom stereocenters. The fraction of sp³-hybridized carbons (Fsp3) is 0.375. The molecule has 1 fully saturated rings. The van der Waals surface area contributed by atoms with Gasteiger partial charge in [0.1, 0.15) is 10.5 Å². The first kappa shape index (κ1) is 12.1. The lowest BCUT2D eigenvalue weighted by Crippen LogP contribution is -2.15. The van der Waals surface area contributed by atoms with Gasteiger partial charge < -0.3 is 4.98 Å². The van der Waals surface area contributed by atoms with Crippen molar-refractivity contribution in [1.29, 1.82) is 0 Å². The van der Waals surface area contributed by atoms with E-state index >= 15 is 0 Å². The predicted octanol–water partition coefficient (Wildman–Crippen LogP) is 4.19. The van der Waals surface area contributed by atoms with Crippen LogP contribution in [0, 0.1) is 0 Å². The summed E-state index contributed by atoms with van der Waals surface area (Å²) >= 11 is 1.54. The number of aromatic nitrogens is 2. The summed E-state index contributed by atoms with van der Waals surface area (Å²) in [5.41, 5.74) is 0.909. The third kappa shape index (κ3) is 1.86. The minimum Gasteiger partial charge on any atom is -0.309 e. The molecular weight excluding hydrogens is 268 g/mol. The highest BCUT2D eigenvalue weighted by molar-refractivity contribution is 7.25. The Hall–Kier alpha value is -1.68. The molecule has 0 bridgehead atoms. The van der Waals surface area contributed by atoms with E-state index in [1.165, 1.54) is 30.6 Å². The Balaban J connectivity index is 1.95. The molecule has 0 saturated heterocycles. The van der Waals surface area contributed by atoms with Gasteiger partial charge in [-0.05, 0) is 18.9 Å². The van der Waals surface area contributed by atoms with Gasteiger partial charge in [-0.25, -0.2) is 4.98 Å². The fourth-order valence-corrected chi connectivity index (χ4v) is 4.22. The number of benzene rings is 1. The van der Waals surface area contributed by atoms with Crippen molar-refractivity contribution in [2.24, 2.45) is 0 Å². The zero-order valence-corrected chi connectivity index (χ0v) is 12.0. The van der Waals surface area contributed by atoms with Crippen molar-refractivity contribution < 1.29 is 0 Å². The van der Waals surface area contributed by atoms with Crippen molar-refractivity contribution in [2.45, 2.75) is 38.0 Å². The highest BCUT2D eigenvalue weighted by Gasteiger charge is 2.20. The number of H-pyrrole nitrogens is 1. The molecule has 3 aromatic rings. The lowest BCUT2D eigenvalue weighted by molar-refractivity contribution is 0.429.